The van der Waals surface area contributed by atoms with E-state index in [1.807, 2.05) is 6.07 Å². The predicted octanol–water partition coefficient (Wildman–Crippen LogP) is 2.82. The van der Waals surface area contributed by atoms with Gasteiger partial charge in [-0.25, -0.2) is 0 Å². The van der Waals surface area contributed by atoms with Crippen LogP contribution in [0, 0.1) is 0 Å². The second kappa shape index (κ2) is 5.07. The van der Waals surface area contributed by atoms with Crippen molar-refractivity contribution in [1.82, 2.24) is 5.16 Å². The fourth-order valence-corrected chi connectivity index (χ4v) is 2.94. The van der Waals surface area contributed by atoms with Crippen LogP contribution in [-0.4, -0.2) is 19.4 Å². The highest BCUT2D eigenvalue weighted by Gasteiger charge is 2.24. The highest BCUT2D eigenvalue weighted by Crippen LogP contribution is 2.44. The second-order valence-corrected chi connectivity index (χ2v) is 4.93. The third-order valence-electron chi connectivity index (χ3n) is 3.87. The van der Waals surface area contributed by atoms with Crippen LogP contribution < -0.4 is 15.2 Å². The maximum absolute atomic E-state index is 5.84. The first-order chi connectivity index (χ1) is 9.76. The summed E-state index contributed by atoms with van der Waals surface area (Å²) in [5.41, 5.74) is 9.92. The summed E-state index contributed by atoms with van der Waals surface area (Å²) in [5.74, 6) is 2.03. The van der Waals surface area contributed by atoms with Crippen molar-refractivity contribution in [2.24, 2.45) is 0 Å². The van der Waals surface area contributed by atoms with Crippen molar-refractivity contribution in [3.8, 4) is 22.6 Å². The molecule has 20 heavy (non-hydrogen) atoms. The van der Waals surface area contributed by atoms with Crippen LogP contribution in [-0.2, 0) is 12.8 Å². The summed E-state index contributed by atoms with van der Waals surface area (Å²) in [6.45, 7) is 0. The van der Waals surface area contributed by atoms with E-state index in [1.165, 1.54) is 17.5 Å². The van der Waals surface area contributed by atoms with Crippen molar-refractivity contribution in [2.45, 2.75) is 25.7 Å². The molecule has 0 aliphatic heterocycles. The topological polar surface area (TPSA) is 70.5 Å². The highest BCUT2D eigenvalue weighted by molar-refractivity contribution is 5.80. The Hall–Kier alpha value is -2.17. The lowest BCUT2D eigenvalue weighted by Gasteiger charge is -2.23. The molecule has 2 aromatic rings. The average molecular weight is 274 g/mol. The van der Waals surface area contributed by atoms with Gasteiger partial charge in [-0.15, -0.1) is 0 Å². The first kappa shape index (κ1) is 12.8. The zero-order chi connectivity index (χ0) is 14.1. The number of rotatable bonds is 3. The Kier molecular flexibility index (Phi) is 3.26. The zero-order valence-electron chi connectivity index (χ0n) is 11.7. The van der Waals surface area contributed by atoms with Crippen molar-refractivity contribution < 1.29 is 14.0 Å². The van der Waals surface area contributed by atoms with Gasteiger partial charge in [-0.05, 0) is 31.7 Å². The number of nitrogens with two attached hydrogens (primary N) is 1. The summed E-state index contributed by atoms with van der Waals surface area (Å²) in [5, 5.41) is 3.74. The van der Waals surface area contributed by atoms with Gasteiger partial charge >= 0.3 is 0 Å². The van der Waals surface area contributed by atoms with E-state index in [4.69, 9.17) is 19.7 Å². The van der Waals surface area contributed by atoms with Gasteiger partial charge in [0.2, 0.25) is 5.88 Å². The molecule has 0 spiro atoms. The van der Waals surface area contributed by atoms with E-state index in [0.29, 0.717) is 5.88 Å². The number of aromatic nitrogens is 1. The molecule has 106 valence electrons. The van der Waals surface area contributed by atoms with Crippen LogP contribution in [0.15, 0.2) is 16.8 Å². The molecule has 2 N–H and O–H groups in total. The number of nitrogen functional groups attached to an aromatic ring is 1. The number of benzene rings is 1. The molecule has 0 atom stereocenters. The molecule has 0 saturated carbocycles. The molecule has 1 aliphatic carbocycles. The van der Waals surface area contributed by atoms with Gasteiger partial charge < -0.3 is 19.7 Å². The monoisotopic (exact) mass is 274 g/mol. The van der Waals surface area contributed by atoms with Crippen molar-refractivity contribution in [2.75, 3.05) is 20.0 Å². The normalized spacial score (nSPS) is 13.9. The van der Waals surface area contributed by atoms with Crippen LogP contribution in [0.5, 0.6) is 11.5 Å². The predicted molar refractivity (Wildman–Crippen MR) is 76.1 cm³/mol. The third kappa shape index (κ3) is 1.90. The number of nitrogens with zero attached hydrogens (tertiary/aromatic N) is 1. The minimum atomic E-state index is 0.293. The fourth-order valence-electron chi connectivity index (χ4n) is 2.94. The first-order valence-electron chi connectivity index (χ1n) is 6.73. The molecule has 1 heterocycles. The standard InChI is InChI=1S/C15H18N2O3/c1-18-13-7-11(12-8-17-20-15(12)16)14(19-2)10-6-4-3-5-9(10)13/h7-8H,3-6,16H2,1-2H3. The van der Waals surface area contributed by atoms with Gasteiger partial charge in [0, 0.05) is 16.7 Å². The van der Waals surface area contributed by atoms with Gasteiger partial charge in [0.05, 0.1) is 26.0 Å². The summed E-state index contributed by atoms with van der Waals surface area (Å²) in [4.78, 5) is 0. The first-order valence-corrected chi connectivity index (χ1v) is 6.73. The lowest BCUT2D eigenvalue weighted by Crippen LogP contribution is -2.08. The van der Waals surface area contributed by atoms with Crippen LogP contribution in [0.3, 0.4) is 0 Å². The van der Waals surface area contributed by atoms with Gasteiger partial charge in [-0.3, -0.25) is 0 Å². The van der Waals surface area contributed by atoms with E-state index < -0.39 is 0 Å². The maximum atomic E-state index is 5.84. The smallest absolute Gasteiger partial charge is 0.230 e. The van der Waals surface area contributed by atoms with Crippen molar-refractivity contribution in [3.63, 3.8) is 0 Å². The third-order valence-corrected chi connectivity index (χ3v) is 3.87. The van der Waals surface area contributed by atoms with Crippen LogP contribution in [0.4, 0.5) is 5.88 Å². The van der Waals surface area contributed by atoms with E-state index in [0.717, 1.165) is 41.9 Å². The Bertz CT molecular complexity index is 634. The molecule has 0 fully saturated rings. The van der Waals surface area contributed by atoms with E-state index >= 15 is 0 Å². The molecular formula is C15H18N2O3. The molecule has 0 saturated heterocycles. The average Bonchev–Trinajstić information content (AvgIpc) is 2.91. The van der Waals surface area contributed by atoms with E-state index in [-0.39, 0.29) is 0 Å². The van der Waals surface area contributed by atoms with Gasteiger partial charge in [0.25, 0.3) is 0 Å². The minimum Gasteiger partial charge on any atom is -0.496 e. The Balaban J connectivity index is 2.26. The molecule has 5 nitrogen and oxygen atoms in total. The van der Waals surface area contributed by atoms with Gasteiger partial charge in [0.1, 0.15) is 11.5 Å². The van der Waals surface area contributed by atoms with Crippen LogP contribution >= 0.6 is 0 Å². The lowest BCUT2D eigenvalue weighted by atomic mass is 9.87. The number of anilines is 1. The largest absolute Gasteiger partial charge is 0.496 e. The van der Waals surface area contributed by atoms with Crippen LogP contribution in [0.2, 0.25) is 0 Å². The van der Waals surface area contributed by atoms with Crippen molar-refractivity contribution in [3.05, 3.63) is 23.4 Å². The van der Waals surface area contributed by atoms with E-state index in [9.17, 15) is 0 Å². The zero-order valence-corrected chi connectivity index (χ0v) is 11.7. The summed E-state index contributed by atoms with van der Waals surface area (Å²) in [6, 6.07) is 1.96. The summed E-state index contributed by atoms with van der Waals surface area (Å²) in [7, 11) is 3.38. The Morgan fingerprint density at radius 1 is 1.10 bits per heavy atom. The van der Waals surface area contributed by atoms with Crippen LogP contribution in [0.1, 0.15) is 24.0 Å². The maximum Gasteiger partial charge on any atom is 0.230 e. The van der Waals surface area contributed by atoms with Gasteiger partial charge in [-0.1, -0.05) is 5.16 Å². The summed E-state index contributed by atoms with van der Waals surface area (Å²) in [6.07, 6.45) is 5.97. The fraction of sp³-hybridized carbons (Fsp3) is 0.400. The molecule has 0 amide bonds. The quantitative estimate of drug-likeness (QED) is 0.931. The molecule has 1 aromatic carbocycles. The lowest BCUT2D eigenvalue weighted by molar-refractivity contribution is 0.391. The van der Waals surface area contributed by atoms with Crippen LogP contribution in [0.25, 0.3) is 11.1 Å². The van der Waals surface area contributed by atoms with E-state index in [1.54, 1.807) is 20.4 Å². The second-order valence-electron chi connectivity index (χ2n) is 4.93. The number of hydrogen-bond donors (Lipinski definition) is 1. The van der Waals surface area contributed by atoms with Gasteiger partial charge in [0.15, 0.2) is 0 Å². The highest BCUT2D eigenvalue weighted by atomic mass is 16.5. The Labute approximate surface area is 117 Å². The van der Waals surface area contributed by atoms with Gasteiger partial charge in [-0.2, -0.15) is 0 Å². The number of ether oxygens (including phenoxy) is 2. The molecule has 0 bridgehead atoms. The molecule has 1 aromatic heterocycles. The molecule has 3 rings (SSSR count). The molecule has 0 radical (unpaired) electrons. The summed E-state index contributed by atoms with van der Waals surface area (Å²) < 4.78 is 16.2. The minimum absolute atomic E-state index is 0.293. The van der Waals surface area contributed by atoms with Crippen molar-refractivity contribution >= 4 is 5.88 Å². The Morgan fingerprint density at radius 2 is 1.85 bits per heavy atom. The molecular weight excluding hydrogens is 256 g/mol. The van der Waals surface area contributed by atoms with Crippen molar-refractivity contribution in [1.29, 1.82) is 0 Å². The Morgan fingerprint density at radius 3 is 2.45 bits per heavy atom. The molecule has 0 unspecified atom stereocenters. The van der Waals surface area contributed by atoms with E-state index in [2.05, 4.69) is 5.16 Å². The number of hydrogen-bond acceptors (Lipinski definition) is 5. The number of methoxy groups -OCH3 is 2. The SMILES string of the molecule is COc1cc(-c2cnoc2N)c(OC)c2c1CCCC2. The summed E-state index contributed by atoms with van der Waals surface area (Å²) >= 11 is 0. The molecule has 1 aliphatic rings. The molecule has 5 heteroatoms. The number of fused-ring (bicyclic) bond motifs is 1.